The van der Waals surface area contributed by atoms with Crippen molar-refractivity contribution in [2.24, 2.45) is 0 Å². The highest BCUT2D eigenvalue weighted by Gasteiger charge is 2.30. The van der Waals surface area contributed by atoms with Crippen LogP contribution in [0.4, 0.5) is 0 Å². The third-order valence-electron chi connectivity index (χ3n) is 3.71. The van der Waals surface area contributed by atoms with Gasteiger partial charge in [-0.15, -0.1) is 6.58 Å². The molecule has 0 spiro atoms. The summed E-state index contributed by atoms with van der Waals surface area (Å²) in [5.41, 5.74) is 1.44. The van der Waals surface area contributed by atoms with Crippen LogP contribution in [-0.4, -0.2) is 30.2 Å². The number of rotatable bonds is 5. The van der Waals surface area contributed by atoms with Crippen LogP contribution in [0.25, 0.3) is 0 Å². The van der Waals surface area contributed by atoms with Crippen LogP contribution >= 0.6 is 0 Å². The number of hydrogen-bond acceptors (Lipinski definition) is 2. The molecule has 1 saturated heterocycles. The van der Waals surface area contributed by atoms with Crippen LogP contribution in [0.3, 0.4) is 0 Å². The molecule has 2 nitrogen and oxygen atoms in total. The molecule has 98 valence electrons. The molecular weight excluding hydrogens is 222 g/mol. The summed E-state index contributed by atoms with van der Waals surface area (Å²) in [5, 5.41) is 0. The van der Waals surface area contributed by atoms with Crippen molar-refractivity contribution >= 4 is 0 Å². The fourth-order valence-corrected chi connectivity index (χ4v) is 2.43. The number of likely N-dealkylation sites (tertiary alicyclic amines) is 1. The van der Waals surface area contributed by atoms with E-state index in [1.54, 1.807) is 0 Å². The van der Waals surface area contributed by atoms with Gasteiger partial charge < -0.3 is 4.74 Å². The Balaban J connectivity index is 1.81. The summed E-state index contributed by atoms with van der Waals surface area (Å²) in [5.74, 6) is 0. The number of piperidine rings is 1. The largest absolute Gasteiger partial charge is 0.371 e. The van der Waals surface area contributed by atoms with Crippen molar-refractivity contribution in [2.45, 2.75) is 31.9 Å². The SMILES string of the molecule is C=CCOC1(C)CCN(Cc2ccccc2)CC1. The van der Waals surface area contributed by atoms with Gasteiger partial charge in [0.25, 0.3) is 0 Å². The molecule has 0 bridgehead atoms. The van der Waals surface area contributed by atoms with Crippen LogP contribution < -0.4 is 0 Å². The van der Waals surface area contributed by atoms with E-state index >= 15 is 0 Å². The highest BCUT2D eigenvalue weighted by Crippen LogP contribution is 2.26. The molecule has 0 saturated carbocycles. The zero-order valence-electron chi connectivity index (χ0n) is 11.3. The van der Waals surface area contributed by atoms with E-state index in [9.17, 15) is 0 Å². The Labute approximate surface area is 110 Å². The number of ether oxygens (including phenoxy) is 1. The van der Waals surface area contributed by atoms with E-state index < -0.39 is 0 Å². The van der Waals surface area contributed by atoms with Gasteiger partial charge in [0.15, 0.2) is 0 Å². The molecule has 0 aliphatic carbocycles. The highest BCUT2D eigenvalue weighted by atomic mass is 16.5. The van der Waals surface area contributed by atoms with Crippen molar-refractivity contribution < 1.29 is 4.74 Å². The smallest absolute Gasteiger partial charge is 0.0683 e. The van der Waals surface area contributed by atoms with E-state index in [-0.39, 0.29) is 5.60 Å². The van der Waals surface area contributed by atoms with E-state index in [1.807, 2.05) is 6.08 Å². The van der Waals surface area contributed by atoms with E-state index in [4.69, 9.17) is 4.74 Å². The molecule has 0 atom stereocenters. The van der Waals surface area contributed by atoms with E-state index in [1.165, 1.54) is 5.56 Å². The van der Waals surface area contributed by atoms with Crippen LogP contribution in [0.15, 0.2) is 43.0 Å². The molecule has 1 aromatic rings. The molecule has 0 unspecified atom stereocenters. The van der Waals surface area contributed by atoms with Gasteiger partial charge in [0.05, 0.1) is 12.2 Å². The van der Waals surface area contributed by atoms with Crippen LogP contribution in [-0.2, 0) is 11.3 Å². The van der Waals surface area contributed by atoms with Crippen molar-refractivity contribution in [3.63, 3.8) is 0 Å². The molecule has 0 amide bonds. The summed E-state index contributed by atoms with van der Waals surface area (Å²) in [6, 6.07) is 10.7. The third kappa shape index (κ3) is 3.69. The fraction of sp³-hybridized carbons (Fsp3) is 0.500. The molecule has 1 fully saturated rings. The Hall–Kier alpha value is -1.12. The Morgan fingerprint density at radius 2 is 1.94 bits per heavy atom. The maximum absolute atomic E-state index is 5.87. The highest BCUT2D eigenvalue weighted by molar-refractivity contribution is 5.14. The normalized spacial score (nSPS) is 19.6. The Bertz CT molecular complexity index is 366. The number of benzene rings is 1. The monoisotopic (exact) mass is 245 g/mol. The molecule has 1 heterocycles. The predicted molar refractivity (Wildman–Crippen MR) is 75.5 cm³/mol. The Kier molecular flexibility index (Phi) is 4.56. The van der Waals surface area contributed by atoms with E-state index in [0.717, 1.165) is 32.5 Å². The summed E-state index contributed by atoms with van der Waals surface area (Å²) in [6.07, 6.45) is 4.04. The summed E-state index contributed by atoms with van der Waals surface area (Å²) in [6.45, 7) is 9.87. The topological polar surface area (TPSA) is 12.5 Å². The molecule has 1 aliphatic heterocycles. The molecular formula is C16H23NO. The maximum Gasteiger partial charge on any atom is 0.0683 e. The minimum Gasteiger partial charge on any atom is -0.371 e. The van der Waals surface area contributed by atoms with Gasteiger partial charge >= 0.3 is 0 Å². The first-order valence-corrected chi connectivity index (χ1v) is 6.73. The lowest BCUT2D eigenvalue weighted by molar-refractivity contribution is -0.0604. The van der Waals surface area contributed by atoms with Gasteiger partial charge in [-0.1, -0.05) is 36.4 Å². The quantitative estimate of drug-likeness (QED) is 0.738. The van der Waals surface area contributed by atoms with Crippen molar-refractivity contribution in [3.8, 4) is 0 Å². The number of hydrogen-bond donors (Lipinski definition) is 0. The standard InChI is InChI=1S/C16H23NO/c1-3-13-18-16(2)9-11-17(12-10-16)14-15-7-5-4-6-8-15/h3-8H,1,9-14H2,2H3. The zero-order valence-corrected chi connectivity index (χ0v) is 11.3. The van der Waals surface area contributed by atoms with Crippen LogP contribution in [0.1, 0.15) is 25.3 Å². The summed E-state index contributed by atoms with van der Waals surface area (Å²) in [4.78, 5) is 2.51. The average Bonchev–Trinajstić information content (AvgIpc) is 2.41. The van der Waals surface area contributed by atoms with Crippen molar-refractivity contribution in [1.82, 2.24) is 4.90 Å². The van der Waals surface area contributed by atoms with Gasteiger partial charge in [0.1, 0.15) is 0 Å². The van der Waals surface area contributed by atoms with Crippen molar-refractivity contribution in [2.75, 3.05) is 19.7 Å². The minimum atomic E-state index is 0.0430. The van der Waals surface area contributed by atoms with Gasteiger partial charge in [-0.25, -0.2) is 0 Å². The minimum absolute atomic E-state index is 0.0430. The van der Waals surface area contributed by atoms with Gasteiger partial charge in [-0.2, -0.15) is 0 Å². The van der Waals surface area contributed by atoms with Crippen molar-refractivity contribution in [3.05, 3.63) is 48.6 Å². The number of nitrogens with zero attached hydrogens (tertiary/aromatic N) is 1. The second-order valence-corrected chi connectivity index (χ2v) is 5.31. The summed E-state index contributed by atoms with van der Waals surface area (Å²) in [7, 11) is 0. The van der Waals surface area contributed by atoms with E-state index in [0.29, 0.717) is 6.61 Å². The van der Waals surface area contributed by atoms with Crippen molar-refractivity contribution in [1.29, 1.82) is 0 Å². The molecule has 2 rings (SSSR count). The average molecular weight is 245 g/mol. The van der Waals surface area contributed by atoms with Gasteiger partial charge in [0, 0.05) is 19.6 Å². The molecule has 0 aromatic heterocycles. The molecule has 0 radical (unpaired) electrons. The first-order chi connectivity index (χ1) is 8.72. The third-order valence-corrected chi connectivity index (χ3v) is 3.71. The second-order valence-electron chi connectivity index (χ2n) is 5.31. The molecule has 2 heteroatoms. The van der Waals surface area contributed by atoms with E-state index in [2.05, 4.69) is 48.7 Å². The lowest BCUT2D eigenvalue weighted by Crippen LogP contribution is -2.43. The van der Waals surface area contributed by atoms with Crippen LogP contribution in [0.2, 0.25) is 0 Å². The summed E-state index contributed by atoms with van der Waals surface area (Å²) < 4.78 is 5.87. The first-order valence-electron chi connectivity index (χ1n) is 6.73. The molecule has 0 N–H and O–H groups in total. The Morgan fingerprint density at radius 3 is 2.56 bits per heavy atom. The maximum atomic E-state index is 5.87. The second kappa shape index (κ2) is 6.17. The molecule has 1 aromatic carbocycles. The zero-order chi connectivity index (χ0) is 12.8. The fourth-order valence-electron chi connectivity index (χ4n) is 2.43. The van der Waals surface area contributed by atoms with Gasteiger partial charge in [0.2, 0.25) is 0 Å². The lowest BCUT2D eigenvalue weighted by Gasteiger charge is -2.39. The molecule has 18 heavy (non-hydrogen) atoms. The lowest BCUT2D eigenvalue weighted by atomic mass is 9.93. The summed E-state index contributed by atoms with van der Waals surface area (Å²) >= 11 is 0. The van der Waals surface area contributed by atoms with Crippen LogP contribution in [0.5, 0.6) is 0 Å². The first kappa shape index (κ1) is 13.3. The molecule has 1 aliphatic rings. The Morgan fingerprint density at radius 1 is 1.28 bits per heavy atom. The van der Waals surface area contributed by atoms with Gasteiger partial charge in [-0.05, 0) is 25.3 Å². The van der Waals surface area contributed by atoms with Gasteiger partial charge in [-0.3, -0.25) is 4.90 Å². The van der Waals surface area contributed by atoms with Crippen LogP contribution in [0, 0.1) is 0 Å². The predicted octanol–water partition coefficient (Wildman–Crippen LogP) is 3.24.